The van der Waals surface area contributed by atoms with Crippen LogP contribution in [0.25, 0.3) is 11.0 Å². The molecule has 1 saturated heterocycles. The first-order valence-electron chi connectivity index (χ1n) is 11.0. The van der Waals surface area contributed by atoms with E-state index in [9.17, 15) is 17.6 Å². The molecule has 5 rings (SSSR count). The van der Waals surface area contributed by atoms with E-state index in [1.165, 1.54) is 12.1 Å². The van der Waals surface area contributed by atoms with Crippen molar-refractivity contribution < 1.29 is 22.3 Å². The average Bonchev–Trinajstić information content (AvgIpc) is 3.10. The highest BCUT2D eigenvalue weighted by Crippen LogP contribution is 2.42. The van der Waals surface area contributed by atoms with Crippen LogP contribution in [0.5, 0.6) is 0 Å². The molecule has 1 N–H and O–H groups in total. The number of alkyl halides is 3. The predicted octanol–water partition coefficient (Wildman–Crippen LogP) is 4.63. The third-order valence-electron chi connectivity index (χ3n) is 6.58. The third-order valence-corrected chi connectivity index (χ3v) is 6.58. The van der Waals surface area contributed by atoms with Crippen LogP contribution in [-0.2, 0) is 23.1 Å². The van der Waals surface area contributed by atoms with Crippen LogP contribution in [0.3, 0.4) is 0 Å². The monoisotopic (exact) mass is 463 g/mol. The summed E-state index contributed by atoms with van der Waals surface area (Å²) in [5.74, 6) is -0.290. The Bertz CT molecular complexity index is 1220. The Morgan fingerprint density at radius 1 is 1.24 bits per heavy atom. The van der Waals surface area contributed by atoms with Gasteiger partial charge in [0.2, 0.25) is 0 Å². The van der Waals surface area contributed by atoms with E-state index >= 15 is 0 Å². The number of benzene rings is 1. The van der Waals surface area contributed by atoms with Gasteiger partial charge in [0, 0.05) is 25.2 Å². The van der Waals surface area contributed by atoms with Gasteiger partial charge in [-0.15, -0.1) is 0 Å². The van der Waals surface area contributed by atoms with E-state index in [4.69, 9.17) is 4.74 Å². The molecule has 0 radical (unpaired) electrons. The number of likely N-dealkylation sites (tertiary alicyclic amines) is 1. The van der Waals surface area contributed by atoms with Gasteiger partial charge < -0.3 is 14.6 Å². The molecule has 1 fully saturated rings. The summed E-state index contributed by atoms with van der Waals surface area (Å²) in [4.78, 5) is 11.4. The molecule has 176 valence electrons. The van der Waals surface area contributed by atoms with Crippen LogP contribution in [0.2, 0.25) is 0 Å². The van der Waals surface area contributed by atoms with E-state index in [1.807, 2.05) is 6.07 Å². The molecule has 1 aromatic carbocycles. The molecule has 10 heteroatoms. The third kappa shape index (κ3) is 3.56. The minimum absolute atomic E-state index is 0.0735. The standard InChI is InChI=1S/C23H25F4N5O/c1-4-31-11-22(12-31)18-10-16-20(29-14(3)30-21(16)32(18)8-9-33-22)28-13(2)15-6-5-7-17(19(15)24)23(25,26)27/h5-7,10,13H,4,8-9,11-12H2,1-3H3,(H,28,29,30)/t13-/m1/s1. The number of aryl methyl sites for hydroxylation is 1. The van der Waals surface area contributed by atoms with Crippen molar-refractivity contribution in [1.82, 2.24) is 19.4 Å². The Balaban J connectivity index is 1.54. The van der Waals surface area contributed by atoms with Crippen molar-refractivity contribution in [3.8, 4) is 0 Å². The molecule has 2 aromatic heterocycles. The highest BCUT2D eigenvalue weighted by molar-refractivity contribution is 5.89. The lowest BCUT2D eigenvalue weighted by molar-refractivity contribution is -0.167. The molecule has 6 nitrogen and oxygen atoms in total. The molecule has 0 bridgehead atoms. The number of anilines is 1. The molecule has 2 aliphatic heterocycles. The number of likely N-dealkylation sites (N-methyl/N-ethyl adjacent to an activating group) is 1. The maximum Gasteiger partial charge on any atom is 0.419 e. The molecular weight excluding hydrogens is 438 g/mol. The van der Waals surface area contributed by atoms with Crippen molar-refractivity contribution in [3.05, 3.63) is 52.7 Å². The number of nitrogens with one attached hydrogen (secondary N) is 1. The maximum atomic E-state index is 14.7. The first-order valence-corrected chi connectivity index (χ1v) is 11.0. The Labute approximate surface area is 188 Å². The molecule has 1 spiro atoms. The van der Waals surface area contributed by atoms with Crippen LogP contribution < -0.4 is 5.32 Å². The molecule has 0 aliphatic carbocycles. The largest absolute Gasteiger partial charge is 0.419 e. The van der Waals surface area contributed by atoms with Gasteiger partial charge in [0.05, 0.1) is 29.3 Å². The van der Waals surface area contributed by atoms with E-state index in [2.05, 4.69) is 31.7 Å². The van der Waals surface area contributed by atoms with E-state index in [0.717, 1.165) is 42.4 Å². The minimum atomic E-state index is -4.76. The first kappa shape index (κ1) is 22.1. The van der Waals surface area contributed by atoms with Crippen molar-refractivity contribution in [1.29, 1.82) is 0 Å². The number of hydrogen-bond acceptors (Lipinski definition) is 5. The fourth-order valence-electron chi connectivity index (χ4n) is 4.89. The van der Waals surface area contributed by atoms with Gasteiger partial charge in [0.15, 0.2) is 0 Å². The van der Waals surface area contributed by atoms with Crippen molar-refractivity contribution in [2.24, 2.45) is 0 Å². The number of rotatable bonds is 4. The molecule has 4 heterocycles. The van der Waals surface area contributed by atoms with Gasteiger partial charge in [-0.2, -0.15) is 13.2 Å². The Kier molecular flexibility index (Phi) is 5.13. The number of halogens is 4. The van der Waals surface area contributed by atoms with Crippen LogP contribution in [-0.4, -0.2) is 45.7 Å². The summed E-state index contributed by atoms with van der Waals surface area (Å²) in [6.07, 6.45) is -4.76. The lowest BCUT2D eigenvalue weighted by Gasteiger charge is -2.51. The van der Waals surface area contributed by atoms with Crippen molar-refractivity contribution in [2.75, 3.05) is 31.6 Å². The van der Waals surface area contributed by atoms with Crippen LogP contribution in [0.4, 0.5) is 23.4 Å². The van der Waals surface area contributed by atoms with Crippen LogP contribution in [0.15, 0.2) is 24.3 Å². The van der Waals surface area contributed by atoms with E-state index in [-0.39, 0.29) is 11.2 Å². The van der Waals surface area contributed by atoms with E-state index in [0.29, 0.717) is 24.8 Å². The van der Waals surface area contributed by atoms with Gasteiger partial charge in [-0.3, -0.25) is 4.90 Å². The first-order chi connectivity index (χ1) is 15.6. The summed E-state index contributed by atoms with van der Waals surface area (Å²) in [5, 5.41) is 3.88. The molecule has 1 atom stereocenters. The van der Waals surface area contributed by atoms with Crippen LogP contribution in [0, 0.1) is 12.7 Å². The SMILES string of the molecule is CCN1CC2(C1)OCCn1c2cc2c(N[C@H](C)c3cccc(C(F)(F)F)c3F)nc(C)nc21. The number of nitrogens with zero attached hydrogens (tertiary/aromatic N) is 4. The Hall–Kier alpha value is -2.72. The Morgan fingerprint density at radius 2 is 2.00 bits per heavy atom. The molecule has 0 saturated carbocycles. The molecular formula is C23H25F4N5O. The molecule has 2 aliphatic rings. The van der Waals surface area contributed by atoms with Crippen LogP contribution in [0.1, 0.15) is 42.5 Å². The second kappa shape index (κ2) is 7.66. The molecule has 0 amide bonds. The molecule has 3 aromatic rings. The quantitative estimate of drug-likeness (QED) is 0.572. The number of ether oxygens (including phenoxy) is 1. The van der Waals surface area contributed by atoms with Crippen molar-refractivity contribution >= 4 is 16.9 Å². The van der Waals surface area contributed by atoms with Crippen LogP contribution >= 0.6 is 0 Å². The van der Waals surface area contributed by atoms with Crippen molar-refractivity contribution in [2.45, 2.75) is 45.1 Å². The highest BCUT2D eigenvalue weighted by atomic mass is 19.4. The van der Waals surface area contributed by atoms with Gasteiger partial charge >= 0.3 is 6.18 Å². The number of fused-ring (bicyclic) bond motifs is 4. The topological polar surface area (TPSA) is 55.2 Å². The van der Waals surface area contributed by atoms with E-state index in [1.54, 1.807) is 13.8 Å². The zero-order chi connectivity index (χ0) is 23.5. The minimum Gasteiger partial charge on any atom is -0.364 e. The lowest BCUT2D eigenvalue weighted by atomic mass is 9.89. The second-order valence-corrected chi connectivity index (χ2v) is 8.76. The smallest absolute Gasteiger partial charge is 0.364 e. The average molecular weight is 463 g/mol. The number of aromatic nitrogens is 3. The summed E-state index contributed by atoms with van der Waals surface area (Å²) in [6.45, 7) is 9.24. The maximum absolute atomic E-state index is 14.7. The second-order valence-electron chi connectivity index (χ2n) is 8.76. The fraction of sp³-hybridized carbons (Fsp3) is 0.478. The summed E-state index contributed by atoms with van der Waals surface area (Å²) in [6, 6.07) is 4.58. The summed E-state index contributed by atoms with van der Waals surface area (Å²) >= 11 is 0. The number of hydrogen-bond donors (Lipinski definition) is 1. The summed E-state index contributed by atoms with van der Waals surface area (Å²) < 4.78 is 62.6. The van der Waals surface area contributed by atoms with Gasteiger partial charge in [-0.05, 0) is 32.5 Å². The predicted molar refractivity (Wildman–Crippen MR) is 115 cm³/mol. The van der Waals surface area contributed by atoms with Crippen molar-refractivity contribution in [3.63, 3.8) is 0 Å². The van der Waals surface area contributed by atoms with E-state index < -0.39 is 23.6 Å². The van der Waals surface area contributed by atoms with Gasteiger partial charge in [-0.25, -0.2) is 14.4 Å². The summed E-state index contributed by atoms with van der Waals surface area (Å²) in [7, 11) is 0. The molecule has 33 heavy (non-hydrogen) atoms. The van der Waals surface area contributed by atoms with Gasteiger partial charge in [0.25, 0.3) is 0 Å². The van der Waals surface area contributed by atoms with Gasteiger partial charge in [-0.1, -0.05) is 19.1 Å². The Morgan fingerprint density at radius 3 is 2.70 bits per heavy atom. The zero-order valence-electron chi connectivity index (χ0n) is 18.6. The zero-order valence-corrected chi connectivity index (χ0v) is 18.6. The highest BCUT2D eigenvalue weighted by Gasteiger charge is 2.49. The lowest BCUT2D eigenvalue weighted by Crippen LogP contribution is -2.62. The van der Waals surface area contributed by atoms with Gasteiger partial charge in [0.1, 0.15) is 28.7 Å². The fourth-order valence-corrected chi connectivity index (χ4v) is 4.89. The summed E-state index contributed by atoms with van der Waals surface area (Å²) in [5.41, 5.74) is 0.0274. The normalized spacial score (nSPS) is 18.9. The molecule has 0 unspecified atom stereocenters.